The average molecular weight is 548 g/mol. The van der Waals surface area contributed by atoms with Crippen LogP contribution in [0, 0.1) is 0 Å². The van der Waals surface area contributed by atoms with Crippen LogP contribution in [-0.2, 0) is 27.7 Å². The molecule has 1 heterocycles. The molecule has 0 bridgehead atoms. The lowest BCUT2D eigenvalue weighted by Crippen LogP contribution is -2.35. The van der Waals surface area contributed by atoms with Crippen LogP contribution < -0.4 is 10.2 Å². The molecule has 0 fully saturated rings. The number of aromatic amines is 1. The van der Waals surface area contributed by atoms with Crippen LogP contribution in [0.15, 0.2) is 77.8 Å². The summed E-state index contributed by atoms with van der Waals surface area (Å²) in [7, 11) is -2.29. The summed E-state index contributed by atoms with van der Waals surface area (Å²) in [6.07, 6.45) is 6.51. The first kappa shape index (κ1) is 26.5. The van der Waals surface area contributed by atoms with Crippen molar-refractivity contribution in [1.29, 1.82) is 0 Å². The fourth-order valence-corrected chi connectivity index (χ4v) is 6.79. The first-order chi connectivity index (χ1) is 18.8. The third kappa shape index (κ3) is 5.40. The Hall–Kier alpha value is -4.12. The SMILES string of the molecule is COc1ccc2c(CCN(C3CCc4cc(C=CC(=O)NO)ccc43)S(=O)(=O)c3ccc(O)cc3)c[nH]c2c1. The largest absolute Gasteiger partial charge is 0.508 e. The van der Waals surface area contributed by atoms with Crippen molar-refractivity contribution in [1.82, 2.24) is 14.8 Å². The number of aromatic hydroxyl groups is 1. The van der Waals surface area contributed by atoms with Crippen LogP contribution in [0.3, 0.4) is 0 Å². The summed E-state index contributed by atoms with van der Waals surface area (Å²) in [6.45, 7) is 0.255. The summed E-state index contributed by atoms with van der Waals surface area (Å²) < 4.78 is 34.8. The van der Waals surface area contributed by atoms with Gasteiger partial charge in [-0.1, -0.05) is 18.2 Å². The molecule has 1 amide bonds. The van der Waals surface area contributed by atoms with Crippen LogP contribution in [0.2, 0.25) is 0 Å². The van der Waals surface area contributed by atoms with Gasteiger partial charge in [0, 0.05) is 35.8 Å². The van der Waals surface area contributed by atoms with Crippen LogP contribution in [0.25, 0.3) is 17.0 Å². The zero-order valence-corrected chi connectivity index (χ0v) is 22.1. The van der Waals surface area contributed by atoms with Crippen molar-refractivity contribution < 1.29 is 28.3 Å². The number of H-pyrrole nitrogens is 1. The molecule has 4 aromatic rings. The van der Waals surface area contributed by atoms with E-state index in [1.165, 1.54) is 30.3 Å². The Morgan fingerprint density at radius 1 is 1.15 bits per heavy atom. The second-order valence-corrected chi connectivity index (χ2v) is 11.3. The van der Waals surface area contributed by atoms with E-state index in [-0.39, 0.29) is 23.2 Å². The van der Waals surface area contributed by atoms with Crippen LogP contribution in [0.5, 0.6) is 11.5 Å². The summed E-state index contributed by atoms with van der Waals surface area (Å²) in [5.74, 6) is 0.105. The molecule has 3 aromatic carbocycles. The Labute approximate surface area is 226 Å². The second kappa shape index (κ2) is 10.9. The Morgan fingerprint density at radius 2 is 1.95 bits per heavy atom. The molecular weight excluding hydrogens is 518 g/mol. The van der Waals surface area contributed by atoms with Gasteiger partial charge in [0.25, 0.3) is 5.91 Å². The number of aryl methyl sites for hydroxylation is 1. The van der Waals surface area contributed by atoms with Gasteiger partial charge in [-0.15, -0.1) is 0 Å². The number of nitrogens with zero attached hydrogens (tertiary/aromatic N) is 1. The summed E-state index contributed by atoms with van der Waals surface area (Å²) in [5.41, 5.74) is 6.19. The van der Waals surface area contributed by atoms with Crippen molar-refractivity contribution in [2.45, 2.75) is 30.2 Å². The lowest BCUT2D eigenvalue weighted by Gasteiger charge is -2.29. The number of fused-ring (bicyclic) bond motifs is 2. The highest BCUT2D eigenvalue weighted by atomic mass is 32.2. The van der Waals surface area contributed by atoms with E-state index < -0.39 is 15.9 Å². The number of amides is 1. The minimum atomic E-state index is -3.90. The fraction of sp³-hybridized carbons (Fsp3) is 0.207. The van der Waals surface area contributed by atoms with E-state index in [2.05, 4.69) is 4.98 Å². The van der Waals surface area contributed by atoms with E-state index in [1.54, 1.807) is 23.0 Å². The molecule has 1 aliphatic rings. The molecule has 0 saturated heterocycles. The number of sulfonamides is 1. The van der Waals surface area contributed by atoms with Gasteiger partial charge in [-0.2, -0.15) is 4.31 Å². The van der Waals surface area contributed by atoms with Crippen molar-refractivity contribution in [2.75, 3.05) is 13.7 Å². The number of aromatic nitrogens is 1. The molecule has 39 heavy (non-hydrogen) atoms. The molecule has 4 N–H and O–H groups in total. The van der Waals surface area contributed by atoms with Crippen LogP contribution in [0.4, 0.5) is 0 Å². The summed E-state index contributed by atoms with van der Waals surface area (Å²) in [4.78, 5) is 14.7. The zero-order valence-electron chi connectivity index (χ0n) is 21.3. The first-order valence-electron chi connectivity index (χ1n) is 12.5. The minimum Gasteiger partial charge on any atom is -0.508 e. The number of ether oxygens (including phenoxy) is 1. The third-order valence-electron chi connectivity index (χ3n) is 7.12. The van der Waals surface area contributed by atoms with Gasteiger partial charge in [0.1, 0.15) is 11.5 Å². The Bertz CT molecular complexity index is 1640. The van der Waals surface area contributed by atoms with Gasteiger partial charge >= 0.3 is 0 Å². The maximum absolute atomic E-state index is 14.0. The molecule has 0 aliphatic heterocycles. The van der Waals surface area contributed by atoms with Crippen molar-refractivity contribution in [3.8, 4) is 11.5 Å². The highest BCUT2D eigenvalue weighted by molar-refractivity contribution is 7.89. The van der Waals surface area contributed by atoms with E-state index >= 15 is 0 Å². The number of hydrogen-bond donors (Lipinski definition) is 4. The first-order valence-corrected chi connectivity index (χ1v) is 13.9. The van der Waals surface area contributed by atoms with Gasteiger partial charge in [0.05, 0.1) is 18.0 Å². The number of hydrogen-bond acceptors (Lipinski definition) is 6. The van der Waals surface area contributed by atoms with Gasteiger partial charge in [-0.25, -0.2) is 13.9 Å². The van der Waals surface area contributed by atoms with E-state index in [9.17, 15) is 18.3 Å². The number of carbonyl (C=O) groups excluding carboxylic acids is 1. The van der Waals surface area contributed by atoms with Crippen molar-refractivity contribution in [3.63, 3.8) is 0 Å². The summed E-state index contributed by atoms with van der Waals surface area (Å²) in [5, 5.41) is 19.4. The highest BCUT2D eigenvalue weighted by Crippen LogP contribution is 2.40. The average Bonchev–Trinajstić information content (AvgIpc) is 3.55. The second-order valence-electron chi connectivity index (χ2n) is 9.41. The van der Waals surface area contributed by atoms with Crippen molar-refractivity contribution in [3.05, 3.63) is 95.2 Å². The van der Waals surface area contributed by atoms with Gasteiger partial charge in [0.15, 0.2) is 0 Å². The van der Waals surface area contributed by atoms with Crippen molar-refractivity contribution in [2.24, 2.45) is 0 Å². The maximum Gasteiger partial charge on any atom is 0.267 e. The fourth-order valence-electron chi connectivity index (χ4n) is 5.15. The van der Waals surface area contributed by atoms with E-state index in [4.69, 9.17) is 9.94 Å². The van der Waals surface area contributed by atoms with Gasteiger partial charge in [-0.3, -0.25) is 10.0 Å². The van der Waals surface area contributed by atoms with Crippen molar-refractivity contribution >= 4 is 32.9 Å². The molecule has 0 saturated carbocycles. The number of phenols is 1. The van der Waals surface area contributed by atoms with Gasteiger partial charge < -0.3 is 14.8 Å². The Morgan fingerprint density at radius 3 is 2.69 bits per heavy atom. The molecule has 1 atom stereocenters. The monoisotopic (exact) mass is 547 g/mol. The minimum absolute atomic E-state index is 0.00334. The number of benzene rings is 3. The molecule has 1 unspecified atom stereocenters. The van der Waals surface area contributed by atoms with E-state index in [0.717, 1.165) is 38.9 Å². The lowest BCUT2D eigenvalue weighted by atomic mass is 10.0. The maximum atomic E-state index is 14.0. The Balaban J connectivity index is 1.48. The number of rotatable bonds is 9. The Kier molecular flexibility index (Phi) is 7.42. The molecule has 0 spiro atoms. The number of carbonyl (C=O) groups is 1. The summed E-state index contributed by atoms with van der Waals surface area (Å²) >= 11 is 0. The zero-order chi connectivity index (χ0) is 27.6. The quantitative estimate of drug-likeness (QED) is 0.140. The normalized spacial score (nSPS) is 15.2. The predicted molar refractivity (Wildman–Crippen MR) is 147 cm³/mol. The number of nitrogens with one attached hydrogen (secondary N) is 2. The molecule has 202 valence electrons. The molecule has 1 aromatic heterocycles. The van der Waals surface area contributed by atoms with Gasteiger partial charge in [0.2, 0.25) is 10.0 Å². The number of methoxy groups -OCH3 is 1. The number of hydroxylamine groups is 1. The third-order valence-corrected chi connectivity index (χ3v) is 9.04. The number of phenolic OH excluding ortho intramolecular Hbond substituents is 1. The van der Waals surface area contributed by atoms with E-state index in [1.807, 2.05) is 42.6 Å². The molecule has 5 rings (SSSR count). The van der Waals surface area contributed by atoms with E-state index in [0.29, 0.717) is 19.3 Å². The smallest absolute Gasteiger partial charge is 0.267 e. The molecule has 0 radical (unpaired) electrons. The molecular formula is C29H29N3O6S. The lowest BCUT2D eigenvalue weighted by molar-refractivity contribution is -0.124. The van der Waals surface area contributed by atoms with Crippen LogP contribution in [0.1, 0.15) is 34.7 Å². The standard InChI is InChI=1S/C29H29N3O6S/c1-38-23-7-11-25-21(18-30-27(25)17-23)14-15-32(39(36,37)24-8-5-22(33)6-9-24)28-12-4-20-16-19(2-10-26(20)28)3-13-29(34)31-35/h2-3,5-11,13,16-18,28,30,33,35H,4,12,14-15H2,1H3,(H,31,34). The topological polar surface area (TPSA) is 132 Å². The highest BCUT2D eigenvalue weighted by Gasteiger charge is 2.36. The van der Waals surface area contributed by atoms with Crippen LogP contribution in [-0.4, -0.2) is 47.6 Å². The van der Waals surface area contributed by atoms with Crippen LogP contribution >= 0.6 is 0 Å². The molecule has 9 nitrogen and oxygen atoms in total. The van der Waals surface area contributed by atoms with Gasteiger partial charge in [-0.05, 0) is 84.0 Å². The molecule has 10 heteroatoms. The predicted octanol–water partition coefficient (Wildman–Crippen LogP) is 4.32. The molecule has 1 aliphatic carbocycles. The summed E-state index contributed by atoms with van der Waals surface area (Å²) in [6, 6.07) is 16.7.